The van der Waals surface area contributed by atoms with Crippen molar-refractivity contribution in [2.24, 2.45) is 0 Å². The smallest absolute Gasteiger partial charge is 0.295 e. The van der Waals surface area contributed by atoms with Gasteiger partial charge in [0.15, 0.2) is 15.6 Å². The third-order valence-corrected chi connectivity index (χ3v) is 8.48. The molecule has 1 atom stereocenters. The fourth-order valence-corrected chi connectivity index (χ4v) is 5.88. The van der Waals surface area contributed by atoms with Crippen LogP contribution in [0.3, 0.4) is 0 Å². The summed E-state index contributed by atoms with van der Waals surface area (Å²) >= 11 is 1.59. The molecule has 1 unspecified atom stereocenters. The number of amides is 1. The van der Waals surface area contributed by atoms with Crippen molar-refractivity contribution in [2.45, 2.75) is 25.1 Å². The maximum atomic E-state index is 13.2. The predicted octanol–water partition coefficient (Wildman–Crippen LogP) is 5.10. The Morgan fingerprint density at radius 2 is 1.72 bits per heavy atom. The standard InChI is InChI=1S/C24H23NO5S2/c1-15(2)32(28,29)23-21(19-6-4-5-7-20(19)30-3)25(24(27)22(23)26)18-10-8-16(9-11-18)17-12-13-31-14-17/h4-15,21,26H,1-3H3. The van der Waals surface area contributed by atoms with E-state index < -0.39 is 32.8 Å². The topological polar surface area (TPSA) is 83.9 Å². The molecule has 1 aliphatic heterocycles. The third kappa shape index (κ3) is 3.59. The molecule has 8 heteroatoms. The number of carbonyl (C=O) groups is 1. The van der Waals surface area contributed by atoms with Crippen molar-refractivity contribution < 1.29 is 23.1 Å². The molecule has 0 aliphatic carbocycles. The van der Waals surface area contributed by atoms with Gasteiger partial charge in [0.25, 0.3) is 5.91 Å². The fourth-order valence-electron chi connectivity index (χ4n) is 3.81. The number of sulfone groups is 1. The van der Waals surface area contributed by atoms with Crippen LogP contribution in [0.25, 0.3) is 11.1 Å². The second kappa shape index (κ2) is 8.44. The van der Waals surface area contributed by atoms with Crippen molar-refractivity contribution >= 4 is 32.8 Å². The van der Waals surface area contributed by atoms with Gasteiger partial charge in [0, 0.05) is 11.3 Å². The molecule has 0 fully saturated rings. The van der Waals surface area contributed by atoms with Crippen LogP contribution < -0.4 is 9.64 Å². The summed E-state index contributed by atoms with van der Waals surface area (Å²) in [7, 11) is -2.47. The van der Waals surface area contributed by atoms with Gasteiger partial charge in [0.05, 0.1) is 12.4 Å². The zero-order chi connectivity index (χ0) is 23.0. The van der Waals surface area contributed by atoms with E-state index >= 15 is 0 Å². The number of hydrogen-bond donors (Lipinski definition) is 1. The van der Waals surface area contributed by atoms with E-state index in [1.54, 1.807) is 47.7 Å². The number of rotatable bonds is 6. The number of aliphatic hydroxyl groups is 1. The van der Waals surface area contributed by atoms with Gasteiger partial charge in [-0.3, -0.25) is 9.69 Å². The number of methoxy groups -OCH3 is 1. The Labute approximate surface area is 191 Å². The summed E-state index contributed by atoms with van der Waals surface area (Å²) in [5.74, 6) is -1.09. The largest absolute Gasteiger partial charge is 0.502 e. The van der Waals surface area contributed by atoms with Crippen molar-refractivity contribution in [1.82, 2.24) is 0 Å². The molecule has 2 heterocycles. The molecular formula is C24H23NO5S2. The summed E-state index contributed by atoms with van der Waals surface area (Å²) in [6.07, 6.45) is 0. The Bertz CT molecular complexity index is 1280. The SMILES string of the molecule is COc1ccccc1C1C(S(=O)(=O)C(C)C)=C(O)C(=O)N1c1ccc(-c2ccsc2)cc1. The van der Waals surface area contributed by atoms with Gasteiger partial charge < -0.3 is 9.84 Å². The van der Waals surface area contributed by atoms with Crippen LogP contribution in [0, 0.1) is 0 Å². The van der Waals surface area contributed by atoms with Crippen LogP contribution in [-0.2, 0) is 14.6 Å². The second-order valence-electron chi connectivity index (χ2n) is 7.69. The molecule has 2 aromatic carbocycles. The number of para-hydroxylation sites is 1. The quantitative estimate of drug-likeness (QED) is 0.543. The maximum Gasteiger partial charge on any atom is 0.295 e. The molecule has 1 aliphatic rings. The Balaban J connectivity index is 1.89. The number of benzene rings is 2. The van der Waals surface area contributed by atoms with Crippen LogP contribution in [0.4, 0.5) is 5.69 Å². The van der Waals surface area contributed by atoms with Crippen molar-refractivity contribution in [3.05, 3.63) is 81.6 Å². The number of thiophene rings is 1. The number of carbonyl (C=O) groups excluding carboxylic acids is 1. The molecular weight excluding hydrogens is 446 g/mol. The van der Waals surface area contributed by atoms with Gasteiger partial charge in [0.1, 0.15) is 16.7 Å². The van der Waals surface area contributed by atoms with Gasteiger partial charge in [-0.25, -0.2) is 8.42 Å². The van der Waals surface area contributed by atoms with E-state index in [4.69, 9.17) is 4.74 Å². The monoisotopic (exact) mass is 469 g/mol. The Morgan fingerprint density at radius 1 is 1.03 bits per heavy atom. The lowest BCUT2D eigenvalue weighted by Crippen LogP contribution is -2.32. The van der Waals surface area contributed by atoms with Crippen LogP contribution in [0.1, 0.15) is 25.5 Å². The molecule has 1 aromatic heterocycles. The summed E-state index contributed by atoms with van der Waals surface area (Å²) in [6.45, 7) is 3.05. The molecule has 1 amide bonds. The minimum Gasteiger partial charge on any atom is -0.502 e. The number of ether oxygens (including phenoxy) is 1. The van der Waals surface area contributed by atoms with Gasteiger partial charge in [0.2, 0.25) is 0 Å². The summed E-state index contributed by atoms with van der Waals surface area (Å²) in [5.41, 5.74) is 2.99. The molecule has 4 rings (SSSR count). The van der Waals surface area contributed by atoms with Crippen LogP contribution >= 0.6 is 11.3 Å². The van der Waals surface area contributed by atoms with Crippen LogP contribution in [0.2, 0.25) is 0 Å². The number of hydrogen-bond acceptors (Lipinski definition) is 6. The predicted molar refractivity (Wildman–Crippen MR) is 127 cm³/mol. The van der Waals surface area contributed by atoms with Crippen LogP contribution in [0.5, 0.6) is 5.75 Å². The third-order valence-electron chi connectivity index (χ3n) is 5.52. The molecule has 166 valence electrons. The average molecular weight is 470 g/mol. The van der Waals surface area contributed by atoms with E-state index in [9.17, 15) is 18.3 Å². The number of anilines is 1. The van der Waals surface area contributed by atoms with E-state index in [0.29, 0.717) is 17.0 Å². The van der Waals surface area contributed by atoms with E-state index in [0.717, 1.165) is 11.1 Å². The summed E-state index contributed by atoms with van der Waals surface area (Å²) in [5, 5.41) is 13.9. The van der Waals surface area contributed by atoms with Crippen molar-refractivity contribution in [2.75, 3.05) is 12.0 Å². The maximum absolute atomic E-state index is 13.2. The van der Waals surface area contributed by atoms with Crippen molar-refractivity contribution in [1.29, 1.82) is 0 Å². The van der Waals surface area contributed by atoms with E-state index in [2.05, 4.69) is 0 Å². The number of aliphatic hydroxyl groups excluding tert-OH is 1. The molecule has 6 nitrogen and oxygen atoms in total. The highest BCUT2D eigenvalue weighted by atomic mass is 32.2. The summed E-state index contributed by atoms with van der Waals surface area (Å²) in [4.78, 5) is 14.2. The van der Waals surface area contributed by atoms with Crippen LogP contribution in [-0.4, -0.2) is 31.8 Å². The first kappa shape index (κ1) is 22.1. The number of nitrogens with zero attached hydrogens (tertiary/aromatic N) is 1. The van der Waals surface area contributed by atoms with Gasteiger partial charge in [-0.2, -0.15) is 11.3 Å². The molecule has 0 saturated carbocycles. The van der Waals surface area contributed by atoms with E-state index in [1.807, 2.05) is 29.0 Å². The van der Waals surface area contributed by atoms with Gasteiger partial charge in [-0.05, 0) is 60.0 Å². The highest BCUT2D eigenvalue weighted by molar-refractivity contribution is 7.95. The molecule has 32 heavy (non-hydrogen) atoms. The van der Waals surface area contributed by atoms with Crippen molar-refractivity contribution in [3.63, 3.8) is 0 Å². The molecule has 1 N–H and O–H groups in total. The van der Waals surface area contributed by atoms with Gasteiger partial charge in [-0.15, -0.1) is 0 Å². The van der Waals surface area contributed by atoms with Crippen molar-refractivity contribution in [3.8, 4) is 16.9 Å². The molecule has 0 spiro atoms. The minimum atomic E-state index is -3.95. The fraction of sp³-hybridized carbons (Fsp3) is 0.208. The van der Waals surface area contributed by atoms with E-state index in [-0.39, 0.29) is 4.91 Å². The lowest BCUT2D eigenvalue weighted by atomic mass is 10.0. The molecule has 0 bridgehead atoms. The Hall–Kier alpha value is -3.10. The zero-order valence-electron chi connectivity index (χ0n) is 17.8. The minimum absolute atomic E-state index is 0.302. The molecule has 0 saturated heterocycles. The first-order chi connectivity index (χ1) is 15.3. The summed E-state index contributed by atoms with van der Waals surface area (Å²) in [6, 6.07) is 15.1. The second-order valence-corrected chi connectivity index (χ2v) is 10.9. The normalized spacial score (nSPS) is 16.8. The van der Waals surface area contributed by atoms with Gasteiger partial charge >= 0.3 is 0 Å². The zero-order valence-corrected chi connectivity index (χ0v) is 19.5. The molecule has 3 aromatic rings. The Kier molecular flexibility index (Phi) is 5.83. The highest BCUT2D eigenvalue weighted by Crippen LogP contribution is 2.46. The first-order valence-electron chi connectivity index (χ1n) is 10.0. The van der Waals surface area contributed by atoms with E-state index in [1.165, 1.54) is 25.9 Å². The first-order valence-corrected chi connectivity index (χ1v) is 12.5. The molecule has 0 radical (unpaired) electrons. The summed E-state index contributed by atoms with van der Waals surface area (Å²) < 4.78 is 31.9. The van der Waals surface area contributed by atoms with Gasteiger partial charge in [-0.1, -0.05) is 30.3 Å². The Morgan fingerprint density at radius 3 is 2.31 bits per heavy atom. The average Bonchev–Trinajstić information content (AvgIpc) is 3.41. The highest BCUT2D eigenvalue weighted by Gasteiger charge is 2.48. The lowest BCUT2D eigenvalue weighted by molar-refractivity contribution is -0.117. The lowest BCUT2D eigenvalue weighted by Gasteiger charge is -2.28. The van der Waals surface area contributed by atoms with Crippen LogP contribution in [0.15, 0.2) is 76.0 Å².